The van der Waals surface area contributed by atoms with Crippen molar-refractivity contribution in [2.24, 2.45) is 17.8 Å². The summed E-state index contributed by atoms with van der Waals surface area (Å²) in [6, 6.07) is 16.4. The van der Waals surface area contributed by atoms with Crippen LogP contribution in [0.3, 0.4) is 0 Å². The molecule has 0 aromatic heterocycles. The fourth-order valence-corrected chi connectivity index (χ4v) is 7.16. The summed E-state index contributed by atoms with van der Waals surface area (Å²) < 4.78 is 13.5. The van der Waals surface area contributed by atoms with Crippen molar-refractivity contribution in [1.29, 1.82) is 0 Å². The van der Waals surface area contributed by atoms with Gasteiger partial charge >= 0.3 is 0 Å². The smallest absolute Gasteiger partial charge is 0.239 e. The molecule has 0 spiro atoms. The molecule has 6 heteroatoms. The normalized spacial score (nSPS) is 31.2. The Morgan fingerprint density at radius 1 is 0.917 bits per heavy atom. The molecule has 36 heavy (non-hydrogen) atoms. The van der Waals surface area contributed by atoms with Crippen LogP contribution in [0.2, 0.25) is 0 Å². The van der Waals surface area contributed by atoms with Gasteiger partial charge in [-0.2, -0.15) is 0 Å². The lowest BCUT2D eigenvalue weighted by Gasteiger charge is -2.36. The molecule has 3 fully saturated rings. The van der Waals surface area contributed by atoms with Gasteiger partial charge in [0.15, 0.2) is 0 Å². The number of amides is 2. The monoisotopic (exact) mass is 489 g/mol. The van der Waals surface area contributed by atoms with Crippen LogP contribution in [0.1, 0.15) is 54.7 Å². The van der Waals surface area contributed by atoms with Gasteiger partial charge in [-0.25, -0.2) is 4.39 Å². The minimum atomic E-state index is -0.235. The first-order valence-electron chi connectivity index (χ1n) is 13.7. The van der Waals surface area contributed by atoms with Gasteiger partial charge in [0, 0.05) is 31.1 Å². The Bertz CT molecular complexity index is 1100. The highest BCUT2D eigenvalue weighted by molar-refractivity contribution is 5.88. The Balaban J connectivity index is 0.909. The van der Waals surface area contributed by atoms with Crippen LogP contribution in [0.15, 0.2) is 48.5 Å². The average Bonchev–Trinajstić information content (AvgIpc) is 3.40. The number of aryl methyl sites for hydroxylation is 1. The summed E-state index contributed by atoms with van der Waals surface area (Å²) in [7, 11) is 0. The van der Waals surface area contributed by atoms with Crippen LogP contribution in [0.25, 0.3) is 0 Å². The van der Waals surface area contributed by atoms with Gasteiger partial charge < -0.3 is 10.6 Å². The Morgan fingerprint density at radius 2 is 1.67 bits per heavy atom. The van der Waals surface area contributed by atoms with Gasteiger partial charge in [-0.05, 0) is 91.5 Å². The van der Waals surface area contributed by atoms with Crippen molar-refractivity contribution in [3.8, 4) is 0 Å². The lowest BCUT2D eigenvalue weighted by molar-refractivity contribution is -0.127. The molecule has 4 aliphatic rings. The highest BCUT2D eigenvalue weighted by atomic mass is 19.1. The molecular formula is C30H36FN3O2. The maximum Gasteiger partial charge on any atom is 0.239 e. The van der Waals surface area contributed by atoms with E-state index in [2.05, 4.69) is 45.9 Å². The summed E-state index contributed by atoms with van der Waals surface area (Å²) >= 11 is 0. The minimum Gasteiger partial charge on any atom is -0.351 e. The Morgan fingerprint density at radius 3 is 2.42 bits per heavy atom. The zero-order valence-electron chi connectivity index (χ0n) is 20.8. The summed E-state index contributed by atoms with van der Waals surface area (Å²) in [6.07, 6.45) is 7.31. The maximum atomic E-state index is 13.5. The fraction of sp³-hybridized carbons (Fsp3) is 0.533. The van der Waals surface area contributed by atoms with Crippen LogP contribution < -0.4 is 10.6 Å². The number of likely N-dealkylation sites (tertiary alicyclic amines) is 1. The molecular weight excluding hydrogens is 453 g/mol. The third-order valence-electron chi connectivity index (χ3n) is 9.19. The lowest BCUT2D eigenvalue weighted by Crippen LogP contribution is -2.45. The van der Waals surface area contributed by atoms with E-state index in [4.69, 9.17) is 0 Å². The van der Waals surface area contributed by atoms with Crippen LogP contribution in [0.5, 0.6) is 0 Å². The van der Waals surface area contributed by atoms with Gasteiger partial charge in [0.1, 0.15) is 5.82 Å². The van der Waals surface area contributed by atoms with E-state index < -0.39 is 0 Å². The van der Waals surface area contributed by atoms with Gasteiger partial charge in [-0.15, -0.1) is 0 Å². The molecule has 6 rings (SSSR count). The first-order valence-corrected chi connectivity index (χ1v) is 13.7. The van der Waals surface area contributed by atoms with E-state index in [9.17, 15) is 14.0 Å². The van der Waals surface area contributed by atoms with Crippen LogP contribution in [-0.4, -0.2) is 48.4 Å². The maximum absolute atomic E-state index is 13.5. The molecule has 4 atom stereocenters. The number of halogens is 1. The molecule has 2 unspecified atom stereocenters. The molecule has 2 saturated carbocycles. The average molecular weight is 490 g/mol. The second-order valence-corrected chi connectivity index (χ2v) is 11.4. The predicted octanol–water partition coefficient (Wildman–Crippen LogP) is 3.82. The number of carbonyl (C=O) groups excluding carboxylic acids is 2. The third kappa shape index (κ3) is 4.93. The SMILES string of the molecule is O=C(CNC(=O)C1[C@H]2CN(C3CCC(c4ccccc4)CC3)C[C@@H]12)NC1CCc2ccc(F)cc2C1. The largest absolute Gasteiger partial charge is 0.351 e. The quantitative estimate of drug-likeness (QED) is 0.649. The van der Waals surface area contributed by atoms with E-state index in [0.29, 0.717) is 30.2 Å². The number of rotatable bonds is 6. The van der Waals surface area contributed by atoms with E-state index in [1.54, 1.807) is 6.07 Å². The summed E-state index contributed by atoms with van der Waals surface area (Å²) in [5.74, 6) is 1.29. The number of fused-ring (bicyclic) bond motifs is 2. The van der Waals surface area contributed by atoms with Crippen molar-refractivity contribution in [3.05, 3.63) is 71.0 Å². The zero-order chi connectivity index (χ0) is 24.6. The number of nitrogens with zero attached hydrogens (tertiary/aromatic N) is 1. The second kappa shape index (κ2) is 9.97. The van der Waals surface area contributed by atoms with Crippen molar-refractivity contribution in [1.82, 2.24) is 15.5 Å². The standard InChI is InChI=1S/C30H36FN3O2/c31-23-10-6-21-7-11-24(15-22(21)14-23)33-28(35)16-32-30(36)29-26-17-34(18-27(26)29)25-12-8-20(9-13-25)19-4-2-1-3-5-19/h1-6,10,14,20,24-27,29H,7-9,11-13,15-18H2,(H,32,36)(H,33,35)/t20?,24?,25?,26-,27+,29?. The van der Waals surface area contributed by atoms with Gasteiger partial charge in [0.2, 0.25) is 11.8 Å². The fourth-order valence-electron chi connectivity index (χ4n) is 7.16. The van der Waals surface area contributed by atoms with Crippen molar-refractivity contribution < 1.29 is 14.0 Å². The molecule has 5 nitrogen and oxygen atoms in total. The Labute approximate surface area is 212 Å². The van der Waals surface area contributed by atoms with Crippen LogP contribution in [-0.2, 0) is 22.4 Å². The van der Waals surface area contributed by atoms with E-state index in [1.807, 2.05) is 6.07 Å². The minimum absolute atomic E-state index is 0.00505. The molecule has 2 aromatic carbocycles. The van der Waals surface area contributed by atoms with E-state index in [1.165, 1.54) is 37.3 Å². The number of hydrogen-bond acceptors (Lipinski definition) is 3. The molecule has 2 N–H and O–H groups in total. The van der Waals surface area contributed by atoms with Gasteiger partial charge in [0.05, 0.1) is 6.54 Å². The van der Waals surface area contributed by atoms with E-state index in [-0.39, 0.29) is 36.1 Å². The molecule has 1 aliphatic heterocycles. The molecule has 2 amide bonds. The van der Waals surface area contributed by atoms with Crippen molar-refractivity contribution in [2.75, 3.05) is 19.6 Å². The Kier molecular flexibility index (Phi) is 6.55. The molecule has 0 radical (unpaired) electrons. The highest BCUT2D eigenvalue weighted by Crippen LogP contribution is 2.53. The number of piperidine rings is 1. The molecule has 1 saturated heterocycles. The summed E-state index contributed by atoms with van der Waals surface area (Å²) in [6.45, 7) is 2.07. The van der Waals surface area contributed by atoms with Gasteiger partial charge in [-0.1, -0.05) is 36.4 Å². The van der Waals surface area contributed by atoms with Crippen molar-refractivity contribution >= 4 is 11.8 Å². The summed E-state index contributed by atoms with van der Waals surface area (Å²) in [4.78, 5) is 27.8. The molecule has 1 heterocycles. The Hall–Kier alpha value is -2.73. The van der Waals surface area contributed by atoms with Crippen LogP contribution in [0.4, 0.5) is 4.39 Å². The van der Waals surface area contributed by atoms with E-state index >= 15 is 0 Å². The van der Waals surface area contributed by atoms with Gasteiger partial charge in [-0.3, -0.25) is 14.5 Å². The third-order valence-corrected chi connectivity index (χ3v) is 9.19. The molecule has 3 aliphatic carbocycles. The topological polar surface area (TPSA) is 61.4 Å². The highest BCUT2D eigenvalue weighted by Gasteiger charge is 2.60. The number of benzene rings is 2. The van der Waals surface area contributed by atoms with Crippen molar-refractivity contribution in [2.45, 2.75) is 62.9 Å². The first kappa shape index (κ1) is 23.7. The van der Waals surface area contributed by atoms with Crippen LogP contribution in [0, 0.1) is 23.6 Å². The van der Waals surface area contributed by atoms with Gasteiger partial charge in [0.25, 0.3) is 0 Å². The predicted molar refractivity (Wildman–Crippen MR) is 137 cm³/mol. The first-order chi connectivity index (χ1) is 17.5. The lowest BCUT2D eigenvalue weighted by atomic mass is 9.81. The summed E-state index contributed by atoms with van der Waals surface area (Å²) in [5.41, 5.74) is 3.61. The van der Waals surface area contributed by atoms with Crippen LogP contribution >= 0.6 is 0 Å². The summed E-state index contributed by atoms with van der Waals surface area (Å²) in [5, 5.41) is 5.91. The number of nitrogens with one attached hydrogen (secondary N) is 2. The number of carbonyl (C=O) groups is 2. The number of hydrogen-bond donors (Lipinski definition) is 2. The molecule has 2 aromatic rings. The molecule has 190 valence electrons. The second-order valence-electron chi connectivity index (χ2n) is 11.4. The zero-order valence-corrected chi connectivity index (χ0v) is 20.8. The van der Waals surface area contributed by atoms with E-state index in [0.717, 1.165) is 37.1 Å². The molecule has 0 bridgehead atoms. The van der Waals surface area contributed by atoms with Crippen molar-refractivity contribution in [3.63, 3.8) is 0 Å².